The van der Waals surface area contributed by atoms with Crippen molar-refractivity contribution >= 4 is 29.3 Å². The molecule has 1 aromatic carbocycles. The summed E-state index contributed by atoms with van der Waals surface area (Å²) in [5, 5.41) is 5.46. The number of piperidine rings is 1. The SMILES string of the molecule is CC[C@H]1CCCCN1c1nc2c(c(=O)[nH]1)[C@H](C(=O)Nc1ccccc1OC)CC(=O)N2. The third-order valence-corrected chi connectivity index (χ3v) is 5.99. The first-order valence-electron chi connectivity index (χ1n) is 10.7. The Morgan fingerprint density at radius 3 is 2.87 bits per heavy atom. The van der Waals surface area contributed by atoms with Gasteiger partial charge in [0.05, 0.1) is 24.3 Å². The lowest BCUT2D eigenvalue weighted by molar-refractivity contribution is -0.123. The molecule has 9 heteroatoms. The maximum atomic E-state index is 13.0. The van der Waals surface area contributed by atoms with Crippen LogP contribution in [-0.2, 0) is 9.59 Å². The first-order valence-corrected chi connectivity index (χ1v) is 10.7. The van der Waals surface area contributed by atoms with E-state index in [1.54, 1.807) is 24.3 Å². The second-order valence-electron chi connectivity index (χ2n) is 7.90. The lowest BCUT2D eigenvalue weighted by Crippen LogP contribution is -2.43. The third-order valence-electron chi connectivity index (χ3n) is 5.99. The van der Waals surface area contributed by atoms with Crippen molar-refractivity contribution in [3.8, 4) is 5.75 Å². The second kappa shape index (κ2) is 8.79. The van der Waals surface area contributed by atoms with Crippen molar-refractivity contribution in [1.82, 2.24) is 9.97 Å². The molecule has 4 rings (SSSR count). The van der Waals surface area contributed by atoms with Crippen LogP contribution in [0.25, 0.3) is 0 Å². The van der Waals surface area contributed by atoms with E-state index >= 15 is 0 Å². The number of benzene rings is 1. The molecule has 3 heterocycles. The highest BCUT2D eigenvalue weighted by molar-refractivity contribution is 6.04. The van der Waals surface area contributed by atoms with Crippen LogP contribution in [0.5, 0.6) is 5.75 Å². The van der Waals surface area contributed by atoms with Crippen LogP contribution < -0.4 is 25.8 Å². The number of para-hydroxylation sites is 2. The molecule has 0 saturated carbocycles. The molecule has 1 fully saturated rings. The molecule has 1 aromatic heterocycles. The van der Waals surface area contributed by atoms with Crippen molar-refractivity contribution in [3.05, 3.63) is 40.2 Å². The number of fused-ring (bicyclic) bond motifs is 1. The van der Waals surface area contributed by atoms with Gasteiger partial charge in [-0.1, -0.05) is 19.1 Å². The normalized spacial score (nSPS) is 20.6. The molecular formula is C22H27N5O4. The maximum absolute atomic E-state index is 13.0. The minimum absolute atomic E-state index is 0.126. The van der Waals surface area contributed by atoms with Crippen LogP contribution in [0, 0.1) is 0 Å². The predicted molar refractivity (Wildman–Crippen MR) is 118 cm³/mol. The number of anilines is 3. The molecule has 2 aliphatic heterocycles. The Balaban J connectivity index is 1.67. The van der Waals surface area contributed by atoms with E-state index in [1.807, 2.05) is 0 Å². The van der Waals surface area contributed by atoms with Crippen LogP contribution in [-0.4, -0.2) is 41.5 Å². The fourth-order valence-corrected chi connectivity index (χ4v) is 4.39. The van der Waals surface area contributed by atoms with Gasteiger partial charge < -0.3 is 20.3 Å². The Morgan fingerprint density at radius 2 is 2.10 bits per heavy atom. The number of amides is 2. The third kappa shape index (κ3) is 4.12. The number of hydrogen-bond acceptors (Lipinski definition) is 6. The van der Waals surface area contributed by atoms with Crippen molar-refractivity contribution in [2.24, 2.45) is 0 Å². The number of hydrogen-bond donors (Lipinski definition) is 3. The van der Waals surface area contributed by atoms with Gasteiger partial charge in [0.2, 0.25) is 17.8 Å². The van der Waals surface area contributed by atoms with Gasteiger partial charge in [-0.05, 0) is 37.8 Å². The van der Waals surface area contributed by atoms with Gasteiger partial charge in [-0.25, -0.2) is 0 Å². The number of nitrogens with zero attached hydrogens (tertiary/aromatic N) is 2. The standard InChI is InChI=1S/C22H27N5O4/c1-3-13-8-6-7-11-27(13)22-25-19-18(21(30)26-22)14(12-17(28)24-19)20(29)23-15-9-4-5-10-16(15)31-2/h4-5,9-10,13-14H,3,6-8,11-12H2,1-2H3,(H,23,29)(H2,24,25,26,28,30)/t13-,14+/m0/s1. The van der Waals surface area contributed by atoms with Crippen molar-refractivity contribution < 1.29 is 14.3 Å². The summed E-state index contributed by atoms with van der Waals surface area (Å²) in [4.78, 5) is 47.9. The molecule has 9 nitrogen and oxygen atoms in total. The fraction of sp³-hybridized carbons (Fsp3) is 0.455. The van der Waals surface area contributed by atoms with Crippen LogP contribution in [0.3, 0.4) is 0 Å². The molecule has 164 valence electrons. The van der Waals surface area contributed by atoms with Gasteiger partial charge >= 0.3 is 0 Å². The average molecular weight is 425 g/mol. The number of methoxy groups -OCH3 is 1. The molecule has 3 N–H and O–H groups in total. The summed E-state index contributed by atoms with van der Waals surface area (Å²) in [6.07, 6.45) is 4.02. The van der Waals surface area contributed by atoms with Crippen molar-refractivity contribution in [1.29, 1.82) is 0 Å². The zero-order valence-electron chi connectivity index (χ0n) is 17.7. The zero-order chi connectivity index (χ0) is 22.0. The van der Waals surface area contributed by atoms with Crippen LogP contribution >= 0.6 is 0 Å². The molecule has 0 unspecified atom stereocenters. The quantitative estimate of drug-likeness (QED) is 0.678. The summed E-state index contributed by atoms with van der Waals surface area (Å²) in [6, 6.07) is 7.27. The van der Waals surface area contributed by atoms with E-state index in [-0.39, 0.29) is 23.7 Å². The van der Waals surface area contributed by atoms with E-state index in [0.717, 1.165) is 32.2 Å². The molecule has 0 bridgehead atoms. The number of aromatic nitrogens is 2. The second-order valence-corrected chi connectivity index (χ2v) is 7.90. The van der Waals surface area contributed by atoms with Gasteiger partial charge in [-0.2, -0.15) is 4.98 Å². The topological polar surface area (TPSA) is 116 Å². The smallest absolute Gasteiger partial charge is 0.258 e. The molecule has 2 aromatic rings. The van der Waals surface area contributed by atoms with Crippen LogP contribution in [0.2, 0.25) is 0 Å². The molecule has 1 saturated heterocycles. The molecule has 2 amide bonds. The van der Waals surface area contributed by atoms with E-state index in [0.29, 0.717) is 23.4 Å². The van der Waals surface area contributed by atoms with Gasteiger partial charge in [-0.3, -0.25) is 19.4 Å². The van der Waals surface area contributed by atoms with E-state index in [4.69, 9.17) is 4.74 Å². The number of carbonyl (C=O) groups is 2. The van der Waals surface area contributed by atoms with E-state index in [9.17, 15) is 14.4 Å². The Bertz CT molecular complexity index is 1050. The summed E-state index contributed by atoms with van der Waals surface area (Å²) in [5.41, 5.74) is 0.254. The van der Waals surface area contributed by atoms with Crippen LogP contribution in [0.1, 0.15) is 50.5 Å². The monoisotopic (exact) mass is 425 g/mol. The Hall–Kier alpha value is -3.36. The Morgan fingerprint density at radius 1 is 1.29 bits per heavy atom. The molecule has 0 aliphatic carbocycles. The molecule has 0 spiro atoms. The highest BCUT2D eigenvalue weighted by Gasteiger charge is 2.36. The molecule has 31 heavy (non-hydrogen) atoms. The van der Waals surface area contributed by atoms with Crippen molar-refractivity contribution in [3.63, 3.8) is 0 Å². The highest BCUT2D eigenvalue weighted by Crippen LogP contribution is 2.33. The Labute approximate surface area is 180 Å². The summed E-state index contributed by atoms with van der Waals surface area (Å²) < 4.78 is 5.27. The summed E-state index contributed by atoms with van der Waals surface area (Å²) in [7, 11) is 1.51. The fourth-order valence-electron chi connectivity index (χ4n) is 4.39. The summed E-state index contributed by atoms with van der Waals surface area (Å²) in [5.74, 6) is -0.638. The van der Waals surface area contributed by atoms with Gasteiger partial charge in [0.1, 0.15) is 11.6 Å². The van der Waals surface area contributed by atoms with Gasteiger partial charge in [-0.15, -0.1) is 0 Å². The summed E-state index contributed by atoms with van der Waals surface area (Å²) in [6.45, 7) is 2.91. The number of nitrogens with one attached hydrogen (secondary N) is 3. The largest absolute Gasteiger partial charge is 0.495 e. The number of aromatic amines is 1. The molecular weight excluding hydrogens is 398 g/mol. The van der Waals surface area contributed by atoms with Crippen molar-refractivity contribution in [2.45, 2.75) is 51.0 Å². The molecule has 2 aliphatic rings. The van der Waals surface area contributed by atoms with E-state index < -0.39 is 17.4 Å². The number of rotatable bonds is 5. The number of H-pyrrole nitrogens is 1. The number of ether oxygens (including phenoxy) is 1. The van der Waals surface area contributed by atoms with Crippen LogP contribution in [0.15, 0.2) is 29.1 Å². The van der Waals surface area contributed by atoms with Gasteiger partial charge in [0.15, 0.2) is 0 Å². The van der Waals surface area contributed by atoms with E-state index in [2.05, 4.69) is 32.4 Å². The van der Waals surface area contributed by atoms with Crippen molar-refractivity contribution in [2.75, 3.05) is 29.2 Å². The zero-order valence-corrected chi connectivity index (χ0v) is 17.7. The predicted octanol–water partition coefficient (Wildman–Crippen LogP) is 2.61. The lowest BCUT2D eigenvalue weighted by atomic mass is 9.92. The minimum atomic E-state index is -0.942. The average Bonchev–Trinajstić information content (AvgIpc) is 2.78. The maximum Gasteiger partial charge on any atom is 0.258 e. The van der Waals surface area contributed by atoms with Gasteiger partial charge in [0, 0.05) is 19.0 Å². The Kier molecular flexibility index (Phi) is 5.92. The first kappa shape index (κ1) is 20.9. The van der Waals surface area contributed by atoms with Gasteiger partial charge in [0.25, 0.3) is 5.56 Å². The summed E-state index contributed by atoms with van der Waals surface area (Å²) >= 11 is 0. The first-order chi connectivity index (χ1) is 15.0. The number of carbonyl (C=O) groups excluding carboxylic acids is 2. The lowest BCUT2D eigenvalue weighted by Gasteiger charge is -2.36. The minimum Gasteiger partial charge on any atom is -0.495 e. The molecule has 0 radical (unpaired) electrons. The molecule has 2 atom stereocenters. The highest BCUT2D eigenvalue weighted by atomic mass is 16.5. The van der Waals surface area contributed by atoms with Crippen LogP contribution in [0.4, 0.5) is 17.5 Å². The van der Waals surface area contributed by atoms with E-state index in [1.165, 1.54) is 7.11 Å².